The molecule has 0 bridgehead atoms. The van der Waals surface area contributed by atoms with E-state index in [1.165, 1.54) is 0 Å². The molecule has 8 heteroatoms. The van der Waals surface area contributed by atoms with Crippen molar-refractivity contribution in [3.63, 3.8) is 0 Å². The Balaban J connectivity index is 1.44. The highest BCUT2D eigenvalue weighted by Gasteiger charge is 2.31. The molecule has 7 nitrogen and oxygen atoms in total. The number of esters is 1. The number of carbonyl (C=O) groups is 3. The van der Waals surface area contributed by atoms with Crippen molar-refractivity contribution in [2.75, 3.05) is 13.7 Å². The lowest BCUT2D eigenvalue weighted by Gasteiger charge is -2.20. The Hall–Kier alpha value is -3.78. The van der Waals surface area contributed by atoms with Crippen molar-refractivity contribution in [3.8, 4) is 11.5 Å². The third-order valence-corrected chi connectivity index (χ3v) is 6.22. The quantitative estimate of drug-likeness (QED) is 0.452. The van der Waals surface area contributed by atoms with Gasteiger partial charge >= 0.3 is 5.97 Å². The molecule has 34 heavy (non-hydrogen) atoms. The predicted octanol–water partition coefficient (Wildman–Crippen LogP) is 4.57. The summed E-state index contributed by atoms with van der Waals surface area (Å²) in [5.41, 5.74) is 2.11. The monoisotopic (exact) mass is 477 g/mol. The van der Waals surface area contributed by atoms with E-state index < -0.39 is 17.3 Å². The van der Waals surface area contributed by atoms with Gasteiger partial charge in [-0.25, -0.2) is 4.79 Å². The summed E-state index contributed by atoms with van der Waals surface area (Å²) in [5.74, 6) is 0.521. The SMILES string of the molecule is COc1cccc([C@H](COc2ccc(CC3SC(=O)NC3=O)cc2)OC(=O)c2ccccc2)c1. The number of methoxy groups -OCH3 is 1. The van der Waals surface area contributed by atoms with E-state index >= 15 is 0 Å². The van der Waals surface area contributed by atoms with E-state index in [0.717, 1.165) is 22.9 Å². The molecule has 0 aromatic heterocycles. The van der Waals surface area contributed by atoms with Crippen molar-refractivity contribution in [1.29, 1.82) is 0 Å². The van der Waals surface area contributed by atoms with Crippen LogP contribution < -0.4 is 14.8 Å². The minimum Gasteiger partial charge on any atom is -0.497 e. The highest BCUT2D eigenvalue weighted by molar-refractivity contribution is 8.15. The average Bonchev–Trinajstić information content (AvgIpc) is 3.19. The average molecular weight is 478 g/mol. The summed E-state index contributed by atoms with van der Waals surface area (Å²) >= 11 is 1.00. The van der Waals surface area contributed by atoms with E-state index in [9.17, 15) is 14.4 Å². The normalized spacial score (nSPS) is 16.0. The molecule has 4 rings (SSSR count). The van der Waals surface area contributed by atoms with E-state index in [1.54, 1.807) is 49.6 Å². The number of rotatable bonds is 9. The number of benzene rings is 3. The van der Waals surface area contributed by atoms with Crippen LogP contribution in [0.1, 0.15) is 27.6 Å². The van der Waals surface area contributed by atoms with Gasteiger partial charge in [-0.15, -0.1) is 0 Å². The Morgan fingerprint density at radius 1 is 0.971 bits per heavy atom. The van der Waals surface area contributed by atoms with Crippen molar-refractivity contribution in [2.45, 2.75) is 17.8 Å². The van der Waals surface area contributed by atoms with Crippen LogP contribution in [0.25, 0.3) is 0 Å². The number of imide groups is 1. The molecule has 1 aliphatic rings. The molecule has 1 saturated heterocycles. The molecule has 1 heterocycles. The number of hydrogen-bond acceptors (Lipinski definition) is 7. The lowest BCUT2D eigenvalue weighted by atomic mass is 10.1. The van der Waals surface area contributed by atoms with E-state index in [1.807, 2.05) is 36.4 Å². The largest absolute Gasteiger partial charge is 0.497 e. The lowest BCUT2D eigenvalue weighted by molar-refractivity contribution is -0.118. The molecule has 1 fully saturated rings. The lowest BCUT2D eigenvalue weighted by Crippen LogP contribution is -2.25. The summed E-state index contributed by atoms with van der Waals surface area (Å²) in [7, 11) is 1.58. The fourth-order valence-corrected chi connectivity index (χ4v) is 4.31. The number of carbonyl (C=O) groups excluding carboxylic acids is 3. The van der Waals surface area contributed by atoms with Crippen LogP contribution in [0.15, 0.2) is 78.9 Å². The fourth-order valence-electron chi connectivity index (χ4n) is 3.45. The molecule has 0 aliphatic carbocycles. The molecule has 1 aliphatic heterocycles. The molecule has 0 saturated carbocycles. The van der Waals surface area contributed by atoms with Crippen LogP contribution in [-0.2, 0) is 16.0 Å². The van der Waals surface area contributed by atoms with Crippen LogP contribution in [0.4, 0.5) is 4.79 Å². The minimum absolute atomic E-state index is 0.0977. The number of nitrogens with one attached hydrogen (secondary N) is 1. The molecular weight excluding hydrogens is 454 g/mol. The molecule has 174 valence electrons. The van der Waals surface area contributed by atoms with Gasteiger partial charge in [0, 0.05) is 0 Å². The first-order chi connectivity index (χ1) is 16.5. The number of ether oxygens (including phenoxy) is 3. The zero-order valence-corrected chi connectivity index (χ0v) is 19.2. The van der Waals surface area contributed by atoms with E-state index in [0.29, 0.717) is 23.5 Å². The van der Waals surface area contributed by atoms with E-state index in [4.69, 9.17) is 14.2 Å². The predicted molar refractivity (Wildman–Crippen MR) is 128 cm³/mol. The molecule has 1 N–H and O–H groups in total. The standard InChI is InChI=1S/C26H23NO6S/c1-31-21-9-5-8-19(15-21)22(33-25(29)18-6-3-2-4-7-18)16-32-20-12-10-17(11-13-20)14-23-24(28)27-26(30)34-23/h2-13,15,22-23H,14,16H2,1H3,(H,27,28,30)/t22-,23?/m0/s1. The smallest absolute Gasteiger partial charge is 0.338 e. The van der Waals surface area contributed by atoms with Gasteiger partial charge in [-0.3, -0.25) is 14.9 Å². The first kappa shape index (κ1) is 23.4. The fraction of sp³-hybridized carbons (Fsp3) is 0.192. The molecule has 3 aromatic rings. The first-order valence-electron chi connectivity index (χ1n) is 10.6. The minimum atomic E-state index is -0.660. The van der Waals surface area contributed by atoms with Crippen LogP contribution in [0.5, 0.6) is 11.5 Å². The summed E-state index contributed by atoms with van der Waals surface area (Å²) in [4.78, 5) is 35.8. The van der Waals surface area contributed by atoms with Crippen molar-refractivity contribution in [1.82, 2.24) is 5.32 Å². The van der Waals surface area contributed by atoms with Gasteiger partial charge in [0.15, 0.2) is 6.10 Å². The first-order valence-corrected chi connectivity index (χ1v) is 11.5. The second-order valence-corrected chi connectivity index (χ2v) is 8.75. The van der Waals surface area contributed by atoms with Gasteiger partial charge in [0.05, 0.1) is 17.9 Å². The van der Waals surface area contributed by atoms with Gasteiger partial charge in [0.1, 0.15) is 18.1 Å². The van der Waals surface area contributed by atoms with Crippen molar-refractivity contribution < 1.29 is 28.6 Å². The summed E-state index contributed by atoms with van der Waals surface area (Å²) in [6, 6.07) is 23.4. The molecule has 0 spiro atoms. The Morgan fingerprint density at radius 3 is 2.41 bits per heavy atom. The summed E-state index contributed by atoms with van der Waals surface area (Å²) in [6.07, 6.45) is -0.212. The van der Waals surface area contributed by atoms with Crippen molar-refractivity contribution in [2.24, 2.45) is 0 Å². The van der Waals surface area contributed by atoms with Gasteiger partial charge in [-0.05, 0) is 53.9 Å². The topological polar surface area (TPSA) is 90.9 Å². The molecule has 0 radical (unpaired) electrons. The van der Waals surface area contributed by atoms with Crippen LogP contribution in [0.2, 0.25) is 0 Å². The number of hydrogen-bond donors (Lipinski definition) is 1. The van der Waals surface area contributed by atoms with Gasteiger partial charge in [0.2, 0.25) is 5.91 Å². The maximum atomic E-state index is 12.7. The molecule has 3 aromatic carbocycles. The van der Waals surface area contributed by atoms with Gasteiger partial charge in [0.25, 0.3) is 5.24 Å². The number of thioether (sulfide) groups is 1. The Labute approximate surface area is 201 Å². The Morgan fingerprint density at radius 2 is 1.74 bits per heavy atom. The zero-order valence-electron chi connectivity index (χ0n) is 18.4. The van der Waals surface area contributed by atoms with Crippen molar-refractivity contribution in [3.05, 3.63) is 95.6 Å². The summed E-state index contributed by atoms with van der Waals surface area (Å²) in [5, 5.41) is 1.55. The Bertz CT molecular complexity index is 1170. The summed E-state index contributed by atoms with van der Waals surface area (Å²) in [6.45, 7) is 0.0977. The number of amides is 2. The van der Waals surface area contributed by atoms with Crippen LogP contribution in [0, 0.1) is 0 Å². The van der Waals surface area contributed by atoms with Crippen LogP contribution >= 0.6 is 11.8 Å². The highest BCUT2D eigenvalue weighted by Crippen LogP contribution is 2.26. The highest BCUT2D eigenvalue weighted by atomic mass is 32.2. The summed E-state index contributed by atoms with van der Waals surface area (Å²) < 4.78 is 17.0. The second-order valence-electron chi connectivity index (χ2n) is 7.58. The third kappa shape index (κ3) is 5.96. The molecule has 2 atom stereocenters. The van der Waals surface area contributed by atoms with Gasteiger partial charge < -0.3 is 14.2 Å². The van der Waals surface area contributed by atoms with Gasteiger partial charge in [-0.1, -0.05) is 54.2 Å². The van der Waals surface area contributed by atoms with Crippen LogP contribution in [-0.4, -0.2) is 36.1 Å². The second kappa shape index (κ2) is 10.9. The Kier molecular flexibility index (Phi) is 7.49. The molecular formula is C26H23NO6S. The maximum absolute atomic E-state index is 12.7. The van der Waals surface area contributed by atoms with Crippen LogP contribution in [0.3, 0.4) is 0 Å². The van der Waals surface area contributed by atoms with Gasteiger partial charge in [-0.2, -0.15) is 0 Å². The maximum Gasteiger partial charge on any atom is 0.338 e. The van der Waals surface area contributed by atoms with Crippen molar-refractivity contribution >= 4 is 28.9 Å². The van der Waals surface area contributed by atoms with E-state index in [-0.39, 0.29) is 17.8 Å². The molecule has 1 unspecified atom stereocenters. The third-order valence-electron chi connectivity index (χ3n) is 5.24. The zero-order chi connectivity index (χ0) is 23.9. The molecule has 2 amide bonds. The van der Waals surface area contributed by atoms with E-state index in [2.05, 4.69) is 5.32 Å².